The Labute approximate surface area is 126 Å². The van der Waals surface area contributed by atoms with E-state index in [0.29, 0.717) is 5.69 Å². The average molecular weight is 310 g/mol. The van der Waals surface area contributed by atoms with Crippen molar-refractivity contribution < 1.29 is 13.2 Å². The SMILES string of the molecule is CS(=O)(=O)N(CC(=O)NC1CCCCC1)c1ccccc1. The van der Waals surface area contributed by atoms with Crippen LogP contribution in [-0.4, -0.2) is 33.2 Å². The number of hydrogen-bond acceptors (Lipinski definition) is 3. The van der Waals surface area contributed by atoms with Gasteiger partial charge in [-0.1, -0.05) is 37.5 Å². The second-order valence-electron chi connectivity index (χ2n) is 5.51. The predicted molar refractivity (Wildman–Crippen MR) is 83.6 cm³/mol. The summed E-state index contributed by atoms with van der Waals surface area (Å²) in [6.07, 6.45) is 6.55. The Morgan fingerprint density at radius 3 is 2.38 bits per heavy atom. The molecule has 0 radical (unpaired) electrons. The van der Waals surface area contributed by atoms with Crippen LogP contribution in [-0.2, 0) is 14.8 Å². The Morgan fingerprint density at radius 1 is 1.19 bits per heavy atom. The van der Waals surface area contributed by atoms with Crippen LogP contribution in [0.3, 0.4) is 0 Å². The minimum atomic E-state index is -3.48. The third-order valence-electron chi connectivity index (χ3n) is 3.70. The van der Waals surface area contributed by atoms with Gasteiger partial charge in [0, 0.05) is 6.04 Å². The number of nitrogens with zero attached hydrogens (tertiary/aromatic N) is 1. The van der Waals surface area contributed by atoms with Crippen LogP contribution >= 0.6 is 0 Å². The number of hydrogen-bond donors (Lipinski definition) is 1. The number of anilines is 1. The molecule has 1 saturated carbocycles. The van der Waals surface area contributed by atoms with E-state index in [4.69, 9.17) is 0 Å². The molecule has 1 aromatic rings. The first-order chi connectivity index (χ1) is 9.97. The summed E-state index contributed by atoms with van der Waals surface area (Å²) in [6.45, 7) is -0.167. The zero-order chi connectivity index (χ0) is 15.3. The van der Waals surface area contributed by atoms with E-state index >= 15 is 0 Å². The standard InChI is InChI=1S/C15H22N2O3S/c1-21(19,20)17(14-10-6-3-7-11-14)12-15(18)16-13-8-4-2-5-9-13/h3,6-7,10-11,13H,2,4-5,8-9,12H2,1H3,(H,16,18). The summed E-state index contributed by atoms with van der Waals surface area (Å²) in [4.78, 5) is 12.1. The van der Waals surface area contributed by atoms with Gasteiger partial charge >= 0.3 is 0 Å². The van der Waals surface area contributed by atoms with E-state index in [1.165, 1.54) is 6.42 Å². The molecular formula is C15H22N2O3S. The maximum Gasteiger partial charge on any atom is 0.240 e. The van der Waals surface area contributed by atoms with Gasteiger partial charge < -0.3 is 5.32 Å². The van der Waals surface area contributed by atoms with Gasteiger partial charge in [0.05, 0.1) is 11.9 Å². The molecule has 2 rings (SSSR count). The molecule has 1 aliphatic rings. The van der Waals surface area contributed by atoms with Gasteiger partial charge in [0.15, 0.2) is 0 Å². The van der Waals surface area contributed by atoms with E-state index in [1.807, 2.05) is 6.07 Å². The average Bonchev–Trinajstić information content (AvgIpc) is 2.45. The fraction of sp³-hybridized carbons (Fsp3) is 0.533. The van der Waals surface area contributed by atoms with Gasteiger partial charge in [0.1, 0.15) is 6.54 Å². The molecule has 6 heteroatoms. The van der Waals surface area contributed by atoms with Gasteiger partial charge in [-0.2, -0.15) is 0 Å². The summed E-state index contributed by atoms with van der Waals surface area (Å²) in [5, 5.41) is 2.95. The topological polar surface area (TPSA) is 66.5 Å². The molecule has 21 heavy (non-hydrogen) atoms. The van der Waals surface area contributed by atoms with Crippen LogP contribution in [0.4, 0.5) is 5.69 Å². The first-order valence-corrected chi connectivity index (χ1v) is 9.14. The lowest BCUT2D eigenvalue weighted by atomic mass is 9.95. The van der Waals surface area contributed by atoms with E-state index in [9.17, 15) is 13.2 Å². The van der Waals surface area contributed by atoms with Gasteiger partial charge in [-0.25, -0.2) is 8.42 Å². The summed E-state index contributed by atoms with van der Waals surface area (Å²) in [7, 11) is -3.48. The Hall–Kier alpha value is -1.56. The van der Waals surface area contributed by atoms with E-state index in [2.05, 4.69) is 5.32 Å². The van der Waals surface area contributed by atoms with Crippen molar-refractivity contribution >= 4 is 21.6 Å². The van der Waals surface area contributed by atoms with E-state index in [-0.39, 0.29) is 18.5 Å². The maximum atomic E-state index is 12.1. The predicted octanol–water partition coefficient (Wildman–Crippen LogP) is 1.90. The lowest BCUT2D eigenvalue weighted by Crippen LogP contribution is -2.44. The minimum Gasteiger partial charge on any atom is -0.352 e. The third kappa shape index (κ3) is 4.74. The number of rotatable bonds is 5. The second-order valence-corrected chi connectivity index (χ2v) is 7.41. The largest absolute Gasteiger partial charge is 0.352 e. The highest BCUT2D eigenvalue weighted by molar-refractivity contribution is 7.92. The minimum absolute atomic E-state index is 0.167. The fourth-order valence-corrected chi connectivity index (χ4v) is 3.50. The molecule has 0 spiro atoms. The summed E-state index contributed by atoms with van der Waals surface area (Å²) in [6, 6.07) is 8.89. The van der Waals surface area contributed by atoms with E-state index < -0.39 is 10.0 Å². The van der Waals surface area contributed by atoms with Gasteiger partial charge in [0.25, 0.3) is 0 Å². The van der Waals surface area contributed by atoms with Crippen molar-refractivity contribution in [3.05, 3.63) is 30.3 Å². The van der Waals surface area contributed by atoms with Crippen LogP contribution < -0.4 is 9.62 Å². The van der Waals surface area contributed by atoms with Gasteiger partial charge in [0.2, 0.25) is 15.9 Å². The smallest absolute Gasteiger partial charge is 0.240 e. The normalized spacial score (nSPS) is 16.4. The van der Waals surface area contributed by atoms with Crippen LogP contribution in [0, 0.1) is 0 Å². The number of para-hydroxylation sites is 1. The summed E-state index contributed by atoms with van der Waals surface area (Å²) < 4.78 is 25.0. The molecule has 0 saturated heterocycles. The highest BCUT2D eigenvalue weighted by atomic mass is 32.2. The van der Waals surface area contributed by atoms with Crippen molar-refractivity contribution in [1.82, 2.24) is 5.32 Å². The first kappa shape index (κ1) is 15.8. The van der Waals surface area contributed by atoms with Gasteiger partial charge in [-0.15, -0.1) is 0 Å². The van der Waals surface area contributed by atoms with Gasteiger partial charge in [-0.3, -0.25) is 9.10 Å². The molecule has 1 amide bonds. The molecule has 0 heterocycles. The zero-order valence-corrected chi connectivity index (χ0v) is 13.1. The molecule has 116 valence electrons. The van der Waals surface area contributed by atoms with Crippen molar-refractivity contribution in [3.63, 3.8) is 0 Å². The summed E-state index contributed by atoms with van der Waals surface area (Å²) in [5.41, 5.74) is 0.513. The third-order valence-corrected chi connectivity index (χ3v) is 4.84. The molecule has 1 aliphatic carbocycles. The first-order valence-electron chi connectivity index (χ1n) is 7.29. The lowest BCUT2D eigenvalue weighted by molar-refractivity contribution is -0.120. The van der Waals surface area contributed by atoms with Crippen molar-refractivity contribution in [2.45, 2.75) is 38.1 Å². The van der Waals surface area contributed by atoms with E-state index in [1.54, 1.807) is 24.3 Å². The Morgan fingerprint density at radius 2 is 1.81 bits per heavy atom. The quantitative estimate of drug-likeness (QED) is 0.903. The Bertz CT molecular complexity index is 566. The van der Waals surface area contributed by atoms with E-state index in [0.717, 1.165) is 36.2 Å². The summed E-state index contributed by atoms with van der Waals surface area (Å²) >= 11 is 0. The van der Waals surface area contributed by atoms with Crippen LogP contribution in [0.25, 0.3) is 0 Å². The number of benzene rings is 1. The van der Waals surface area contributed by atoms with Crippen LogP contribution in [0.2, 0.25) is 0 Å². The number of sulfonamides is 1. The van der Waals surface area contributed by atoms with Crippen LogP contribution in [0.15, 0.2) is 30.3 Å². The molecule has 0 aliphatic heterocycles. The van der Waals surface area contributed by atoms with Crippen LogP contribution in [0.1, 0.15) is 32.1 Å². The maximum absolute atomic E-state index is 12.1. The number of carbonyl (C=O) groups is 1. The molecule has 0 aromatic heterocycles. The highest BCUT2D eigenvalue weighted by Gasteiger charge is 2.22. The number of amides is 1. The number of carbonyl (C=O) groups excluding carboxylic acids is 1. The fourth-order valence-electron chi connectivity index (χ4n) is 2.64. The van der Waals surface area contributed by atoms with Crippen LogP contribution in [0.5, 0.6) is 0 Å². The molecule has 1 N–H and O–H groups in total. The van der Waals surface area contributed by atoms with Crippen molar-refractivity contribution in [1.29, 1.82) is 0 Å². The molecule has 5 nitrogen and oxygen atoms in total. The van der Waals surface area contributed by atoms with Crippen molar-refractivity contribution in [3.8, 4) is 0 Å². The molecule has 1 fully saturated rings. The lowest BCUT2D eigenvalue weighted by Gasteiger charge is -2.26. The van der Waals surface area contributed by atoms with Gasteiger partial charge in [-0.05, 0) is 25.0 Å². The summed E-state index contributed by atoms with van der Waals surface area (Å²) in [5.74, 6) is -0.240. The molecule has 1 aromatic carbocycles. The number of nitrogens with one attached hydrogen (secondary N) is 1. The second kappa shape index (κ2) is 6.93. The van der Waals surface area contributed by atoms with Crippen molar-refractivity contribution in [2.75, 3.05) is 17.1 Å². The Kier molecular flexibility index (Phi) is 5.22. The molecule has 0 unspecified atom stereocenters. The highest BCUT2D eigenvalue weighted by Crippen LogP contribution is 2.19. The molecule has 0 bridgehead atoms. The van der Waals surface area contributed by atoms with Crippen molar-refractivity contribution in [2.24, 2.45) is 0 Å². The molecule has 0 atom stereocenters. The molecular weight excluding hydrogens is 288 g/mol. The monoisotopic (exact) mass is 310 g/mol. The zero-order valence-electron chi connectivity index (χ0n) is 12.3. The Balaban J connectivity index is 2.03.